The van der Waals surface area contributed by atoms with Gasteiger partial charge in [0.1, 0.15) is 0 Å². The van der Waals surface area contributed by atoms with Gasteiger partial charge in [0, 0.05) is 31.8 Å². The maximum atomic E-state index is 11.0. The predicted molar refractivity (Wildman–Crippen MR) is 65.6 cm³/mol. The van der Waals surface area contributed by atoms with E-state index >= 15 is 0 Å². The van der Waals surface area contributed by atoms with E-state index in [0.29, 0.717) is 6.54 Å². The maximum absolute atomic E-state index is 11.0. The minimum atomic E-state index is -0.242. The van der Waals surface area contributed by atoms with Crippen LogP contribution in [-0.4, -0.2) is 54.7 Å². The molecule has 2 aliphatic heterocycles. The highest BCUT2D eigenvalue weighted by Crippen LogP contribution is 2.33. The normalized spacial score (nSPS) is 33.8. The quantitative estimate of drug-likeness (QED) is 0.697. The fraction of sp³-hybridized carbons (Fsp3) is 0.917. The third-order valence-electron chi connectivity index (χ3n) is 3.67. The average molecular weight is 241 g/mol. The number of nitrogens with one attached hydrogen (secondary N) is 1. The number of carbonyl (C=O) groups excluding carboxylic acids is 1. The van der Waals surface area contributed by atoms with E-state index in [9.17, 15) is 4.79 Å². The van der Waals surface area contributed by atoms with Gasteiger partial charge in [0.15, 0.2) is 0 Å². The maximum Gasteiger partial charge on any atom is 0.231 e. The number of amides is 1. The summed E-state index contributed by atoms with van der Waals surface area (Å²) >= 11 is 0. The summed E-state index contributed by atoms with van der Waals surface area (Å²) in [6.45, 7) is 8.11. The van der Waals surface area contributed by atoms with Crippen molar-refractivity contribution in [2.45, 2.75) is 37.8 Å². The molecule has 2 heterocycles. The highest BCUT2D eigenvalue weighted by atomic mass is 16.5. The zero-order chi connectivity index (χ0) is 12.5. The predicted octanol–water partition coefficient (Wildman–Crippen LogP) is -0.295. The van der Waals surface area contributed by atoms with Gasteiger partial charge in [0.2, 0.25) is 5.91 Å². The molecule has 3 N–H and O–H groups in total. The molecule has 0 saturated carbocycles. The van der Waals surface area contributed by atoms with Gasteiger partial charge in [-0.15, -0.1) is 0 Å². The summed E-state index contributed by atoms with van der Waals surface area (Å²) < 4.78 is 5.76. The summed E-state index contributed by atoms with van der Waals surface area (Å²) in [4.78, 5) is 13.2. The Morgan fingerprint density at radius 1 is 1.53 bits per heavy atom. The van der Waals surface area contributed by atoms with Crippen molar-refractivity contribution in [3.8, 4) is 0 Å². The minimum Gasteiger partial charge on any atom is -0.375 e. The molecule has 0 aliphatic carbocycles. The first kappa shape index (κ1) is 12.8. The molecule has 2 rings (SSSR count). The van der Waals surface area contributed by atoms with E-state index in [4.69, 9.17) is 10.5 Å². The molecule has 98 valence electrons. The van der Waals surface area contributed by atoms with Gasteiger partial charge in [-0.1, -0.05) is 0 Å². The van der Waals surface area contributed by atoms with Crippen molar-refractivity contribution in [2.75, 3.05) is 32.8 Å². The van der Waals surface area contributed by atoms with Crippen LogP contribution in [0, 0.1) is 0 Å². The number of hydrogen-bond acceptors (Lipinski definition) is 4. The molecule has 0 aromatic carbocycles. The largest absolute Gasteiger partial charge is 0.375 e. The molecule has 1 unspecified atom stereocenters. The topological polar surface area (TPSA) is 67.6 Å². The van der Waals surface area contributed by atoms with Crippen LogP contribution in [0.1, 0.15) is 26.7 Å². The van der Waals surface area contributed by atoms with Crippen LogP contribution in [0.25, 0.3) is 0 Å². The van der Waals surface area contributed by atoms with Gasteiger partial charge in [0.25, 0.3) is 0 Å². The molecule has 0 radical (unpaired) electrons. The highest BCUT2D eigenvalue weighted by Gasteiger charge is 2.43. The van der Waals surface area contributed by atoms with E-state index in [1.54, 1.807) is 0 Å². The Hall–Kier alpha value is -0.650. The summed E-state index contributed by atoms with van der Waals surface area (Å²) in [5.74, 6) is -0.242. The van der Waals surface area contributed by atoms with Crippen molar-refractivity contribution in [3.05, 3.63) is 0 Å². The molecule has 1 atom stereocenters. The van der Waals surface area contributed by atoms with E-state index in [1.807, 2.05) is 0 Å². The van der Waals surface area contributed by atoms with Gasteiger partial charge in [-0.05, 0) is 26.7 Å². The Kier molecular flexibility index (Phi) is 3.43. The number of rotatable bonds is 2. The molecule has 5 heteroatoms. The molecule has 1 amide bonds. The third kappa shape index (κ3) is 3.18. The number of primary amides is 1. The lowest BCUT2D eigenvalue weighted by Crippen LogP contribution is -2.65. The lowest BCUT2D eigenvalue weighted by Gasteiger charge is -2.50. The molecule has 2 fully saturated rings. The highest BCUT2D eigenvalue weighted by molar-refractivity contribution is 5.75. The first-order chi connectivity index (χ1) is 7.91. The lowest BCUT2D eigenvalue weighted by molar-refractivity contribution is -0.121. The Bertz CT molecular complexity index is 302. The second kappa shape index (κ2) is 4.55. The van der Waals surface area contributed by atoms with E-state index in [1.165, 1.54) is 0 Å². The molecule has 1 spiro atoms. The fourth-order valence-corrected chi connectivity index (χ4v) is 3.16. The van der Waals surface area contributed by atoms with Gasteiger partial charge in [-0.2, -0.15) is 0 Å². The van der Waals surface area contributed by atoms with Gasteiger partial charge < -0.3 is 15.8 Å². The van der Waals surface area contributed by atoms with E-state index in [-0.39, 0.29) is 17.0 Å². The van der Waals surface area contributed by atoms with Crippen molar-refractivity contribution < 1.29 is 9.53 Å². The number of nitrogens with zero attached hydrogens (tertiary/aromatic N) is 1. The Labute approximate surface area is 103 Å². The molecule has 0 aromatic rings. The van der Waals surface area contributed by atoms with Crippen molar-refractivity contribution in [3.63, 3.8) is 0 Å². The number of nitrogens with two attached hydrogens (primary N) is 1. The summed E-state index contributed by atoms with van der Waals surface area (Å²) in [7, 11) is 0. The summed E-state index contributed by atoms with van der Waals surface area (Å²) in [5.41, 5.74) is 5.28. The Balaban J connectivity index is 2.02. The number of carbonyl (C=O) groups is 1. The van der Waals surface area contributed by atoms with Crippen molar-refractivity contribution >= 4 is 5.91 Å². The first-order valence-electron chi connectivity index (χ1n) is 6.31. The van der Waals surface area contributed by atoms with Crippen LogP contribution in [0.15, 0.2) is 0 Å². The molecule has 5 nitrogen and oxygen atoms in total. The smallest absolute Gasteiger partial charge is 0.231 e. The monoisotopic (exact) mass is 241 g/mol. The van der Waals surface area contributed by atoms with Crippen LogP contribution in [0.5, 0.6) is 0 Å². The SMILES string of the molecule is CC1(C)CC2(CCO1)CN(CC(N)=O)CCN2. The number of hydrogen-bond donors (Lipinski definition) is 2. The molecule has 2 aliphatic rings. The lowest BCUT2D eigenvalue weighted by atomic mass is 9.80. The van der Waals surface area contributed by atoms with Crippen molar-refractivity contribution in [2.24, 2.45) is 5.73 Å². The zero-order valence-electron chi connectivity index (χ0n) is 10.8. The fourth-order valence-electron chi connectivity index (χ4n) is 3.16. The van der Waals surface area contributed by atoms with Gasteiger partial charge in [0.05, 0.1) is 12.1 Å². The molecule has 17 heavy (non-hydrogen) atoms. The Morgan fingerprint density at radius 3 is 2.94 bits per heavy atom. The van der Waals surface area contributed by atoms with Crippen molar-refractivity contribution in [1.82, 2.24) is 10.2 Å². The summed E-state index contributed by atoms with van der Waals surface area (Å²) in [6.07, 6.45) is 1.99. The Morgan fingerprint density at radius 2 is 2.29 bits per heavy atom. The molecule has 2 saturated heterocycles. The summed E-state index contributed by atoms with van der Waals surface area (Å²) in [5, 5.41) is 3.62. The van der Waals surface area contributed by atoms with E-state index in [2.05, 4.69) is 24.1 Å². The van der Waals surface area contributed by atoms with Crippen LogP contribution in [-0.2, 0) is 9.53 Å². The molecule has 0 bridgehead atoms. The molecular weight excluding hydrogens is 218 g/mol. The zero-order valence-corrected chi connectivity index (χ0v) is 10.8. The van der Waals surface area contributed by atoms with Gasteiger partial charge in [-0.3, -0.25) is 9.69 Å². The minimum absolute atomic E-state index is 0.0824. The van der Waals surface area contributed by atoms with Crippen LogP contribution >= 0.6 is 0 Å². The van der Waals surface area contributed by atoms with Gasteiger partial charge in [-0.25, -0.2) is 0 Å². The first-order valence-corrected chi connectivity index (χ1v) is 6.31. The van der Waals surface area contributed by atoms with Crippen LogP contribution in [0.4, 0.5) is 0 Å². The third-order valence-corrected chi connectivity index (χ3v) is 3.67. The number of ether oxygens (including phenoxy) is 1. The number of piperazine rings is 1. The van der Waals surface area contributed by atoms with Gasteiger partial charge >= 0.3 is 0 Å². The van der Waals surface area contributed by atoms with Crippen LogP contribution in [0.3, 0.4) is 0 Å². The van der Waals surface area contributed by atoms with E-state index in [0.717, 1.165) is 39.1 Å². The molecule has 0 aromatic heterocycles. The average Bonchev–Trinajstić information content (AvgIpc) is 2.13. The van der Waals surface area contributed by atoms with E-state index < -0.39 is 0 Å². The standard InChI is InChI=1S/C12H23N3O2/c1-11(2)8-12(3-6-17-11)9-15(5-4-14-12)7-10(13)16/h14H,3-9H2,1-2H3,(H2,13,16). The second-order valence-electron chi connectivity index (χ2n) is 5.92. The van der Waals surface area contributed by atoms with Crippen LogP contribution < -0.4 is 11.1 Å². The van der Waals surface area contributed by atoms with Crippen molar-refractivity contribution in [1.29, 1.82) is 0 Å². The summed E-state index contributed by atoms with van der Waals surface area (Å²) in [6, 6.07) is 0. The van der Waals surface area contributed by atoms with Crippen LogP contribution in [0.2, 0.25) is 0 Å². The molecular formula is C12H23N3O2. The second-order valence-corrected chi connectivity index (χ2v) is 5.92.